The predicted molar refractivity (Wildman–Crippen MR) is 59.9 cm³/mol. The first kappa shape index (κ1) is 12.8. The fourth-order valence-corrected chi connectivity index (χ4v) is 1.34. The summed E-state index contributed by atoms with van der Waals surface area (Å²) in [6.45, 7) is 1.80. The van der Waals surface area contributed by atoms with E-state index in [9.17, 15) is 9.90 Å². The zero-order valence-corrected chi connectivity index (χ0v) is 9.57. The van der Waals surface area contributed by atoms with Gasteiger partial charge in [0.15, 0.2) is 0 Å². The highest BCUT2D eigenvalue weighted by atomic mass is 35.5. The van der Waals surface area contributed by atoms with Gasteiger partial charge in [-0.25, -0.2) is 0 Å². The zero-order chi connectivity index (χ0) is 12.1. The quantitative estimate of drug-likeness (QED) is 0.830. The van der Waals surface area contributed by atoms with Crippen LogP contribution in [0.2, 0.25) is 5.02 Å². The van der Waals surface area contributed by atoms with Gasteiger partial charge in [-0.3, -0.25) is 4.79 Å². The smallest absolute Gasteiger partial charge is 0.306 e. The fraction of sp³-hybridized carbons (Fsp3) is 0.364. The van der Waals surface area contributed by atoms with Gasteiger partial charge in [0.1, 0.15) is 12.4 Å². The van der Waals surface area contributed by atoms with Crippen LogP contribution in [0.1, 0.15) is 12.0 Å². The Morgan fingerprint density at radius 2 is 2.25 bits per heavy atom. The number of halogens is 1. The van der Waals surface area contributed by atoms with Gasteiger partial charge in [-0.15, -0.1) is 0 Å². The van der Waals surface area contributed by atoms with Crippen LogP contribution in [-0.2, 0) is 4.79 Å². The van der Waals surface area contributed by atoms with Crippen LogP contribution >= 0.6 is 11.6 Å². The maximum Gasteiger partial charge on any atom is 0.306 e. The van der Waals surface area contributed by atoms with Gasteiger partial charge >= 0.3 is 5.97 Å². The molecule has 1 atom stereocenters. The number of ether oxygens (including phenoxy) is 1. The molecule has 0 saturated carbocycles. The Balaban J connectivity index is 2.54. The van der Waals surface area contributed by atoms with Crippen LogP contribution in [0.25, 0.3) is 0 Å². The summed E-state index contributed by atoms with van der Waals surface area (Å²) >= 11 is 5.86. The minimum absolute atomic E-state index is 0.0878. The van der Waals surface area contributed by atoms with Gasteiger partial charge in [-0.1, -0.05) is 17.7 Å². The van der Waals surface area contributed by atoms with Crippen LogP contribution in [0.5, 0.6) is 5.75 Å². The first-order valence-electron chi connectivity index (χ1n) is 4.78. The molecular weight excluding hydrogens is 232 g/mol. The van der Waals surface area contributed by atoms with Crippen LogP contribution in [0.4, 0.5) is 0 Å². The highest BCUT2D eigenvalue weighted by Crippen LogP contribution is 2.25. The van der Waals surface area contributed by atoms with Crippen LogP contribution < -0.4 is 4.74 Å². The molecular formula is C11H13ClO4. The number of benzene rings is 1. The summed E-state index contributed by atoms with van der Waals surface area (Å²) in [7, 11) is 0. The summed E-state index contributed by atoms with van der Waals surface area (Å²) in [5.74, 6) is -0.613. The number of carbonyl (C=O) groups is 1. The number of aryl methyl sites for hydroxylation is 1. The van der Waals surface area contributed by atoms with Crippen LogP contribution in [0.15, 0.2) is 18.2 Å². The van der Waals surface area contributed by atoms with Gasteiger partial charge in [0.2, 0.25) is 0 Å². The minimum Gasteiger partial charge on any atom is -0.489 e. The molecule has 16 heavy (non-hydrogen) atoms. The van der Waals surface area contributed by atoms with Gasteiger partial charge in [0.05, 0.1) is 17.5 Å². The van der Waals surface area contributed by atoms with E-state index in [1.807, 2.05) is 13.0 Å². The lowest BCUT2D eigenvalue weighted by Gasteiger charge is -2.12. The summed E-state index contributed by atoms with van der Waals surface area (Å²) < 4.78 is 5.24. The first-order chi connectivity index (χ1) is 7.49. The molecule has 0 bridgehead atoms. The normalized spacial score (nSPS) is 12.2. The molecule has 1 unspecified atom stereocenters. The number of hydrogen-bond acceptors (Lipinski definition) is 3. The highest BCUT2D eigenvalue weighted by Gasteiger charge is 2.11. The maximum atomic E-state index is 10.3. The second-order valence-corrected chi connectivity index (χ2v) is 3.90. The topological polar surface area (TPSA) is 66.8 Å². The summed E-state index contributed by atoms with van der Waals surface area (Å²) in [6, 6.07) is 5.26. The van der Waals surface area contributed by atoms with Gasteiger partial charge in [0.25, 0.3) is 0 Å². The molecule has 0 heterocycles. The highest BCUT2D eigenvalue weighted by molar-refractivity contribution is 6.32. The Labute approximate surface area is 98.4 Å². The van der Waals surface area contributed by atoms with Crippen LogP contribution in [0, 0.1) is 6.92 Å². The van der Waals surface area contributed by atoms with Crippen molar-refractivity contribution in [2.45, 2.75) is 19.4 Å². The maximum absolute atomic E-state index is 10.3. The number of rotatable bonds is 5. The third-order valence-electron chi connectivity index (χ3n) is 1.93. The molecule has 0 fully saturated rings. The van der Waals surface area contributed by atoms with E-state index in [4.69, 9.17) is 21.4 Å². The van der Waals surface area contributed by atoms with E-state index >= 15 is 0 Å². The van der Waals surface area contributed by atoms with E-state index in [0.717, 1.165) is 5.56 Å². The summed E-state index contributed by atoms with van der Waals surface area (Å²) in [5.41, 5.74) is 0.979. The Bertz CT molecular complexity index is 378. The lowest BCUT2D eigenvalue weighted by Crippen LogP contribution is -2.21. The Hall–Kier alpha value is -1.26. The molecule has 4 nitrogen and oxygen atoms in total. The van der Waals surface area contributed by atoms with Crippen molar-refractivity contribution in [3.63, 3.8) is 0 Å². The number of aliphatic carboxylic acids is 1. The monoisotopic (exact) mass is 244 g/mol. The summed E-state index contributed by atoms with van der Waals surface area (Å²) in [4.78, 5) is 10.3. The molecule has 0 saturated heterocycles. The third kappa shape index (κ3) is 4.08. The SMILES string of the molecule is Cc1ccc(Cl)c(OCC(O)CC(=O)O)c1. The van der Waals surface area contributed by atoms with Gasteiger partial charge in [-0.2, -0.15) is 0 Å². The summed E-state index contributed by atoms with van der Waals surface area (Å²) in [6.07, 6.45) is -1.38. The van der Waals surface area contributed by atoms with E-state index in [1.54, 1.807) is 12.1 Å². The predicted octanol–water partition coefficient (Wildman–Crippen LogP) is 1.86. The van der Waals surface area contributed by atoms with Crippen molar-refractivity contribution in [1.29, 1.82) is 0 Å². The molecule has 1 rings (SSSR count). The van der Waals surface area contributed by atoms with Gasteiger partial charge < -0.3 is 14.9 Å². The van der Waals surface area contributed by atoms with E-state index < -0.39 is 12.1 Å². The average molecular weight is 245 g/mol. The van der Waals surface area contributed by atoms with Crippen molar-refractivity contribution in [2.24, 2.45) is 0 Å². The number of aliphatic hydroxyl groups is 1. The minimum atomic E-state index is -1.06. The van der Waals surface area contributed by atoms with Crippen LogP contribution in [-0.4, -0.2) is 28.9 Å². The van der Waals surface area contributed by atoms with Crippen molar-refractivity contribution in [1.82, 2.24) is 0 Å². The molecule has 0 radical (unpaired) electrons. The molecule has 0 aliphatic heterocycles. The molecule has 1 aromatic rings. The number of carboxylic acids is 1. The average Bonchev–Trinajstić information content (AvgIpc) is 2.18. The number of hydrogen-bond donors (Lipinski definition) is 2. The molecule has 0 aromatic heterocycles. The van der Waals surface area contributed by atoms with Crippen molar-refractivity contribution in [2.75, 3.05) is 6.61 Å². The second kappa shape index (κ2) is 5.72. The molecule has 2 N–H and O–H groups in total. The second-order valence-electron chi connectivity index (χ2n) is 3.50. The molecule has 0 aliphatic carbocycles. The Morgan fingerprint density at radius 1 is 1.56 bits per heavy atom. The van der Waals surface area contributed by atoms with Crippen LogP contribution in [0.3, 0.4) is 0 Å². The van der Waals surface area contributed by atoms with Crippen molar-refractivity contribution in [3.8, 4) is 5.75 Å². The first-order valence-corrected chi connectivity index (χ1v) is 5.15. The third-order valence-corrected chi connectivity index (χ3v) is 2.24. The number of aliphatic hydroxyl groups excluding tert-OH is 1. The lowest BCUT2D eigenvalue weighted by molar-refractivity contribution is -0.139. The standard InChI is InChI=1S/C11H13ClO4/c1-7-2-3-9(12)10(4-7)16-6-8(13)5-11(14)15/h2-4,8,13H,5-6H2,1H3,(H,14,15). The molecule has 88 valence electrons. The number of carboxylic acid groups (broad SMARTS) is 1. The summed E-state index contributed by atoms with van der Waals surface area (Å²) in [5, 5.41) is 18.2. The largest absolute Gasteiger partial charge is 0.489 e. The molecule has 0 amide bonds. The molecule has 1 aromatic carbocycles. The molecule has 0 spiro atoms. The Kier molecular flexibility index (Phi) is 4.58. The van der Waals surface area contributed by atoms with Crippen molar-refractivity contribution in [3.05, 3.63) is 28.8 Å². The van der Waals surface area contributed by atoms with Crippen molar-refractivity contribution >= 4 is 17.6 Å². The molecule has 5 heteroatoms. The Morgan fingerprint density at radius 3 is 2.88 bits per heavy atom. The molecule has 0 aliphatic rings. The fourth-order valence-electron chi connectivity index (χ4n) is 1.17. The lowest BCUT2D eigenvalue weighted by atomic mass is 10.2. The van der Waals surface area contributed by atoms with Gasteiger partial charge in [0, 0.05) is 0 Å². The zero-order valence-electron chi connectivity index (χ0n) is 8.81. The van der Waals surface area contributed by atoms with E-state index in [1.165, 1.54) is 0 Å². The van der Waals surface area contributed by atoms with E-state index in [-0.39, 0.29) is 13.0 Å². The van der Waals surface area contributed by atoms with Crippen molar-refractivity contribution < 1.29 is 19.7 Å². The van der Waals surface area contributed by atoms with Gasteiger partial charge in [-0.05, 0) is 24.6 Å². The van der Waals surface area contributed by atoms with E-state index in [2.05, 4.69) is 0 Å². The van der Waals surface area contributed by atoms with E-state index in [0.29, 0.717) is 10.8 Å².